The van der Waals surface area contributed by atoms with Crippen LogP contribution in [0.2, 0.25) is 0 Å². The molecule has 1 amide bonds. The van der Waals surface area contributed by atoms with E-state index in [0.717, 1.165) is 35.1 Å². The molecule has 0 unspecified atom stereocenters. The van der Waals surface area contributed by atoms with E-state index in [0.29, 0.717) is 12.0 Å². The average molecular weight is 436 g/mol. The molecule has 0 saturated heterocycles. The standard InChI is InChI=1S/C23H20F3NO2.ClH/c24-23(25,26)29-21-9-2-6-17(14-21)5-1-4-16-10-12-18(13-11-16)19-7-3-8-20(15-19)22(27)28;/h2-3,6-15H,1,4-5H2,(H2,27,28);1H. The molecule has 0 spiro atoms. The minimum atomic E-state index is -4.68. The summed E-state index contributed by atoms with van der Waals surface area (Å²) >= 11 is 0. The molecular formula is C23H21ClF3NO2. The molecule has 2 N–H and O–H groups in total. The highest BCUT2D eigenvalue weighted by Crippen LogP contribution is 2.24. The molecule has 0 bridgehead atoms. The van der Waals surface area contributed by atoms with Crippen molar-refractivity contribution in [3.63, 3.8) is 0 Å². The summed E-state index contributed by atoms with van der Waals surface area (Å²) in [5, 5.41) is 0. The lowest BCUT2D eigenvalue weighted by atomic mass is 9.99. The van der Waals surface area contributed by atoms with Crippen molar-refractivity contribution in [3.8, 4) is 16.9 Å². The van der Waals surface area contributed by atoms with E-state index < -0.39 is 12.3 Å². The van der Waals surface area contributed by atoms with Gasteiger partial charge in [-0.2, -0.15) is 0 Å². The third-order valence-corrected chi connectivity index (χ3v) is 4.50. The minimum Gasteiger partial charge on any atom is -0.406 e. The summed E-state index contributed by atoms with van der Waals surface area (Å²) in [7, 11) is 0. The number of amides is 1. The monoisotopic (exact) mass is 435 g/mol. The Morgan fingerprint density at radius 1 is 0.833 bits per heavy atom. The van der Waals surface area contributed by atoms with Gasteiger partial charge in [0, 0.05) is 5.56 Å². The van der Waals surface area contributed by atoms with Crippen molar-refractivity contribution in [3.05, 3.63) is 89.5 Å². The normalized spacial score (nSPS) is 10.9. The maximum Gasteiger partial charge on any atom is 0.573 e. The summed E-state index contributed by atoms with van der Waals surface area (Å²) < 4.78 is 40.9. The third-order valence-electron chi connectivity index (χ3n) is 4.50. The fraction of sp³-hybridized carbons (Fsp3) is 0.174. The molecular weight excluding hydrogens is 415 g/mol. The fourth-order valence-electron chi connectivity index (χ4n) is 3.11. The number of primary amides is 1. The van der Waals surface area contributed by atoms with Crippen LogP contribution >= 0.6 is 12.4 Å². The van der Waals surface area contributed by atoms with Gasteiger partial charge in [-0.1, -0.05) is 48.5 Å². The van der Waals surface area contributed by atoms with E-state index in [1.54, 1.807) is 30.3 Å². The molecule has 0 aliphatic rings. The predicted octanol–water partition coefficient (Wildman–Crippen LogP) is 5.95. The van der Waals surface area contributed by atoms with Crippen LogP contribution in [0.5, 0.6) is 5.75 Å². The van der Waals surface area contributed by atoms with Crippen LogP contribution in [-0.2, 0) is 12.8 Å². The van der Waals surface area contributed by atoms with E-state index in [2.05, 4.69) is 4.74 Å². The van der Waals surface area contributed by atoms with Crippen LogP contribution in [-0.4, -0.2) is 12.3 Å². The van der Waals surface area contributed by atoms with Gasteiger partial charge in [0.2, 0.25) is 5.91 Å². The van der Waals surface area contributed by atoms with Crippen LogP contribution < -0.4 is 10.5 Å². The van der Waals surface area contributed by atoms with Crippen molar-refractivity contribution in [2.24, 2.45) is 5.73 Å². The van der Waals surface area contributed by atoms with Gasteiger partial charge in [-0.3, -0.25) is 4.79 Å². The number of halogens is 4. The quantitative estimate of drug-likeness (QED) is 0.498. The van der Waals surface area contributed by atoms with Crippen LogP contribution in [0.3, 0.4) is 0 Å². The SMILES string of the molecule is Cl.NC(=O)c1cccc(-c2ccc(CCCc3cccc(OC(F)(F)F)c3)cc2)c1. The van der Waals surface area contributed by atoms with Crippen LogP contribution in [0.15, 0.2) is 72.8 Å². The molecule has 0 saturated carbocycles. The zero-order valence-corrected chi connectivity index (χ0v) is 16.8. The number of alkyl halides is 3. The van der Waals surface area contributed by atoms with Crippen LogP contribution in [0, 0.1) is 0 Å². The first-order valence-electron chi connectivity index (χ1n) is 9.14. The highest BCUT2D eigenvalue weighted by molar-refractivity contribution is 5.94. The Labute approximate surface area is 179 Å². The lowest BCUT2D eigenvalue weighted by Crippen LogP contribution is -2.17. The Balaban J connectivity index is 0.00000320. The van der Waals surface area contributed by atoms with Crippen molar-refractivity contribution in [1.29, 1.82) is 0 Å². The number of aryl methyl sites for hydroxylation is 2. The fourth-order valence-corrected chi connectivity index (χ4v) is 3.11. The molecule has 3 aromatic carbocycles. The number of hydrogen-bond acceptors (Lipinski definition) is 2. The molecule has 30 heavy (non-hydrogen) atoms. The average Bonchev–Trinajstić information content (AvgIpc) is 2.68. The molecule has 0 aromatic heterocycles. The Hall–Kier alpha value is -2.99. The zero-order chi connectivity index (χ0) is 20.9. The Bertz CT molecular complexity index is 988. The second-order valence-corrected chi connectivity index (χ2v) is 6.69. The Kier molecular flexibility index (Phi) is 7.89. The van der Waals surface area contributed by atoms with Gasteiger partial charge in [-0.25, -0.2) is 0 Å². The van der Waals surface area contributed by atoms with Gasteiger partial charge in [0.25, 0.3) is 0 Å². The number of benzene rings is 3. The van der Waals surface area contributed by atoms with Gasteiger partial charge in [0.1, 0.15) is 5.75 Å². The van der Waals surface area contributed by atoms with Gasteiger partial charge in [0.15, 0.2) is 0 Å². The number of hydrogen-bond donors (Lipinski definition) is 1. The van der Waals surface area contributed by atoms with E-state index >= 15 is 0 Å². The number of rotatable bonds is 7. The highest BCUT2D eigenvalue weighted by Gasteiger charge is 2.31. The van der Waals surface area contributed by atoms with Crippen molar-refractivity contribution in [2.45, 2.75) is 25.6 Å². The highest BCUT2D eigenvalue weighted by atomic mass is 35.5. The van der Waals surface area contributed by atoms with E-state index in [1.165, 1.54) is 12.1 Å². The van der Waals surface area contributed by atoms with E-state index in [1.807, 2.05) is 30.3 Å². The summed E-state index contributed by atoms with van der Waals surface area (Å²) in [5.74, 6) is -0.661. The third kappa shape index (κ3) is 6.81. The minimum absolute atomic E-state index is 0. The molecule has 3 nitrogen and oxygen atoms in total. The van der Waals surface area contributed by atoms with Crippen LogP contribution in [0.1, 0.15) is 27.9 Å². The summed E-state index contributed by atoms with van der Waals surface area (Å²) in [4.78, 5) is 11.3. The maximum atomic E-state index is 12.3. The Morgan fingerprint density at radius 2 is 1.50 bits per heavy atom. The number of ether oxygens (including phenoxy) is 1. The van der Waals surface area contributed by atoms with Crippen LogP contribution in [0.4, 0.5) is 13.2 Å². The zero-order valence-electron chi connectivity index (χ0n) is 16.0. The largest absolute Gasteiger partial charge is 0.573 e. The summed E-state index contributed by atoms with van der Waals surface area (Å²) in [6.07, 6.45) is -2.44. The van der Waals surface area contributed by atoms with E-state index in [9.17, 15) is 18.0 Å². The lowest BCUT2D eigenvalue weighted by molar-refractivity contribution is -0.274. The van der Waals surface area contributed by atoms with Gasteiger partial charge in [0.05, 0.1) is 0 Å². The van der Waals surface area contributed by atoms with E-state index in [4.69, 9.17) is 5.73 Å². The summed E-state index contributed by atoms with van der Waals surface area (Å²) in [6.45, 7) is 0. The second-order valence-electron chi connectivity index (χ2n) is 6.69. The molecule has 0 fully saturated rings. The molecule has 0 aliphatic heterocycles. The van der Waals surface area contributed by atoms with Crippen molar-refractivity contribution < 1.29 is 22.7 Å². The van der Waals surface area contributed by atoms with Crippen molar-refractivity contribution >= 4 is 18.3 Å². The summed E-state index contributed by atoms with van der Waals surface area (Å²) in [6, 6.07) is 21.2. The van der Waals surface area contributed by atoms with Gasteiger partial charge in [-0.15, -0.1) is 25.6 Å². The molecule has 3 rings (SSSR count). The van der Waals surface area contributed by atoms with Gasteiger partial charge < -0.3 is 10.5 Å². The summed E-state index contributed by atoms with van der Waals surface area (Å²) in [5.41, 5.74) is 9.60. The smallest absolute Gasteiger partial charge is 0.406 e. The van der Waals surface area contributed by atoms with Gasteiger partial charge >= 0.3 is 6.36 Å². The number of nitrogens with two attached hydrogens (primary N) is 1. The molecule has 7 heteroatoms. The number of carbonyl (C=O) groups excluding carboxylic acids is 1. The Morgan fingerprint density at radius 3 is 2.17 bits per heavy atom. The first-order chi connectivity index (χ1) is 13.8. The maximum absolute atomic E-state index is 12.3. The molecule has 0 heterocycles. The second kappa shape index (κ2) is 10.2. The molecule has 158 valence electrons. The van der Waals surface area contributed by atoms with Crippen LogP contribution in [0.25, 0.3) is 11.1 Å². The molecule has 0 atom stereocenters. The molecule has 0 aliphatic carbocycles. The number of carbonyl (C=O) groups is 1. The first-order valence-corrected chi connectivity index (χ1v) is 9.14. The topological polar surface area (TPSA) is 52.3 Å². The van der Waals surface area contributed by atoms with Crippen molar-refractivity contribution in [2.75, 3.05) is 0 Å². The first kappa shape index (κ1) is 23.3. The predicted molar refractivity (Wildman–Crippen MR) is 113 cm³/mol. The lowest BCUT2D eigenvalue weighted by Gasteiger charge is -2.10. The van der Waals surface area contributed by atoms with E-state index in [-0.39, 0.29) is 18.2 Å². The molecule has 3 aromatic rings. The van der Waals surface area contributed by atoms with Crippen molar-refractivity contribution in [1.82, 2.24) is 0 Å². The van der Waals surface area contributed by atoms with Gasteiger partial charge in [-0.05, 0) is 65.8 Å². The molecule has 0 radical (unpaired) electrons.